The zero-order valence-electron chi connectivity index (χ0n) is 19.6. The molecule has 0 heterocycles. The van der Waals surface area contributed by atoms with Crippen molar-refractivity contribution in [3.05, 3.63) is 0 Å². The largest absolute Gasteiger partial charge is 0.344 e. The highest BCUT2D eigenvalue weighted by molar-refractivity contribution is 7.99. The number of rotatable bonds is 21. The average molecular weight is 439 g/mol. The molecule has 5 heteroatoms. The number of thioether (sulfide) groups is 1. The molecule has 0 spiro atoms. The van der Waals surface area contributed by atoms with Crippen LogP contribution in [0, 0.1) is 12.3 Å². The lowest BCUT2D eigenvalue weighted by atomic mass is 10.0. The van der Waals surface area contributed by atoms with E-state index in [1.54, 1.807) is 11.8 Å². The van der Waals surface area contributed by atoms with Gasteiger partial charge in [0.05, 0.1) is 6.54 Å². The van der Waals surface area contributed by atoms with E-state index in [4.69, 9.17) is 6.42 Å². The fourth-order valence-corrected chi connectivity index (χ4v) is 4.29. The fraction of sp³-hybridized carbons (Fsp3) is 0.840. The predicted octanol–water partition coefficient (Wildman–Crippen LogP) is 5.85. The van der Waals surface area contributed by atoms with Gasteiger partial charge in [0.2, 0.25) is 11.8 Å². The minimum absolute atomic E-state index is 0.0315. The molecule has 174 valence electrons. The minimum atomic E-state index is -0.496. The highest BCUT2D eigenvalue weighted by atomic mass is 32.2. The summed E-state index contributed by atoms with van der Waals surface area (Å²) in [6.07, 6.45) is 23.5. The third-order valence-corrected chi connectivity index (χ3v) is 6.42. The van der Waals surface area contributed by atoms with E-state index in [0.717, 1.165) is 25.0 Å². The number of hydrogen-bond acceptors (Lipinski definition) is 3. The Hall–Kier alpha value is -1.15. The number of carbonyl (C=O) groups is 2. The first-order valence-electron chi connectivity index (χ1n) is 12.2. The van der Waals surface area contributed by atoms with Crippen molar-refractivity contribution in [2.45, 2.75) is 116 Å². The molecule has 0 bridgehead atoms. The Balaban J connectivity index is 3.74. The zero-order chi connectivity index (χ0) is 22.3. The van der Waals surface area contributed by atoms with E-state index in [2.05, 4.69) is 30.4 Å². The van der Waals surface area contributed by atoms with E-state index in [1.165, 1.54) is 70.6 Å². The molecule has 0 radical (unpaired) electrons. The number of unbranched alkanes of at least 4 members (excludes halogenated alkanes) is 12. The first-order chi connectivity index (χ1) is 14.7. The number of hydrogen-bond donors (Lipinski definition) is 2. The first-order valence-corrected chi connectivity index (χ1v) is 13.4. The van der Waals surface area contributed by atoms with Crippen molar-refractivity contribution in [3.63, 3.8) is 0 Å². The Bertz CT molecular complexity index is 463. The van der Waals surface area contributed by atoms with Crippen molar-refractivity contribution < 1.29 is 9.59 Å². The molecule has 2 amide bonds. The van der Waals surface area contributed by atoms with Crippen LogP contribution in [0.25, 0.3) is 0 Å². The van der Waals surface area contributed by atoms with Crippen molar-refractivity contribution in [1.29, 1.82) is 0 Å². The molecular weight excluding hydrogens is 392 g/mol. The molecule has 0 fully saturated rings. The number of amides is 2. The van der Waals surface area contributed by atoms with Gasteiger partial charge in [-0.15, -0.1) is 6.42 Å². The summed E-state index contributed by atoms with van der Waals surface area (Å²) in [5.74, 6) is 3.76. The highest BCUT2D eigenvalue weighted by Crippen LogP contribution is 2.13. The molecule has 1 atom stereocenters. The van der Waals surface area contributed by atoms with Crippen molar-refractivity contribution in [2.75, 3.05) is 18.1 Å². The third-order valence-electron chi connectivity index (χ3n) is 5.16. The normalized spacial score (nSPS) is 11.6. The summed E-state index contributed by atoms with van der Waals surface area (Å²) in [5.41, 5.74) is 0. The van der Waals surface area contributed by atoms with E-state index in [-0.39, 0.29) is 18.4 Å². The molecule has 0 aromatic carbocycles. The number of nitrogens with one attached hydrogen (secondary N) is 2. The molecule has 0 aliphatic carbocycles. The van der Waals surface area contributed by atoms with Gasteiger partial charge in [0, 0.05) is 12.2 Å². The third kappa shape index (κ3) is 18.9. The molecule has 0 aromatic rings. The Morgan fingerprint density at radius 3 is 1.87 bits per heavy atom. The lowest BCUT2D eigenvalue weighted by Gasteiger charge is -2.17. The van der Waals surface area contributed by atoms with Crippen LogP contribution in [0.5, 0.6) is 0 Å². The van der Waals surface area contributed by atoms with Crippen molar-refractivity contribution in [2.24, 2.45) is 0 Å². The van der Waals surface area contributed by atoms with Gasteiger partial charge in [-0.25, -0.2) is 0 Å². The van der Waals surface area contributed by atoms with Gasteiger partial charge in [-0.2, -0.15) is 11.8 Å². The lowest BCUT2D eigenvalue weighted by molar-refractivity contribution is -0.128. The zero-order valence-corrected chi connectivity index (χ0v) is 20.4. The molecule has 0 saturated heterocycles. The van der Waals surface area contributed by atoms with Crippen LogP contribution in [0.1, 0.15) is 110 Å². The van der Waals surface area contributed by atoms with Crippen LogP contribution >= 0.6 is 11.8 Å². The smallest absolute Gasteiger partial charge is 0.244 e. The van der Waals surface area contributed by atoms with Crippen LogP contribution in [0.15, 0.2) is 0 Å². The summed E-state index contributed by atoms with van der Waals surface area (Å²) < 4.78 is 0. The summed E-state index contributed by atoms with van der Waals surface area (Å²) >= 11 is 1.69. The Kier molecular flexibility index (Phi) is 21.7. The molecule has 30 heavy (non-hydrogen) atoms. The Morgan fingerprint density at radius 1 is 0.833 bits per heavy atom. The maximum atomic E-state index is 12.2. The van der Waals surface area contributed by atoms with Crippen LogP contribution < -0.4 is 10.6 Å². The predicted molar refractivity (Wildman–Crippen MR) is 132 cm³/mol. The summed E-state index contributed by atoms with van der Waals surface area (Å²) in [5, 5.41) is 5.57. The minimum Gasteiger partial charge on any atom is -0.344 e. The second-order valence-corrected chi connectivity index (χ2v) is 9.26. The van der Waals surface area contributed by atoms with Crippen LogP contribution in [0.4, 0.5) is 0 Å². The van der Waals surface area contributed by atoms with Crippen molar-refractivity contribution >= 4 is 23.6 Å². The van der Waals surface area contributed by atoms with Gasteiger partial charge < -0.3 is 10.6 Å². The van der Waals surface area contributed by atoms with Crippen molar-refractivity contribution in [1.82, 2.24) is 10.6 Å². The second kappa shape index (κ2) is 22.5. The molecule has 0 saturated carbocycles. The second-order valence-electron chi connectivity index (χ2n) is 8.11. The quantitative estimate of drug-likeness (QED) is 0.175. The maximum absolute atomic E-state index is 12.2. The average Bonchev–Trinajstić information content (AvgIpc) is 2.74. The maximum Gasteiger partial charge on any atom is 0.244 e. The topological polar surface area (TPSA) is 58.2 Å². The highest BCUT2D eigenvalue weighted by Gasteiger charge is 2.19. The van der Waals surface area contributed by atoms with Crippen molar-refractivity contribution in [3.8, 4) is 12.3 Å². The SMILES string of the molecule is C#CCNC(=O)[C@@H](CSCCC)NC(=O)CCCCCCCCCCCCCCC. The van der Waals surface area contributed by atoms with Gasteiger partial charge in [0.15, 0.2) is 0 Å². The number of carbonyl (C=O) groups excluding carboxylic acids is 2. The van der Waals surface area contributed by atoms with E-state index >= 15 is 0 Å². The van der Waals surface area contributed by atoms with Crippen LogP contribution in [0.2, 0.25) is 0 Å². The summed E-state index contributed by atoms with van der Waals surface area (Å²) in [4.78, 5) is 24.4. The molecule has 4 nitrogen and oxygen atoms in total. The van der Waals surface area contributed by atoms with Gasteiger partial charge in [-0.05, 0) is 18.6 Å². The van der Waals surface area contributed by atoms with Gasteiger partial charge in [-0.1, -0.05) is 96.8 Å². The first kappa shape index (κ1) is 28.9. The van der Waals surface area contributed by atoms with Gasteiger partial charge >= 0.3 is 0 Å². The Morgan fingerprint density at radius 2 is 1.37 bits per heavy atom. The molecular formula is C25H46N2O2S. The molecule has 2 N–H and O–H groups in total. The van der Waals surface area contributed by atoms with Crippen LogP contribution in [-0.4, -0.2) is 35.9 Å². The van der Waals surface area contributed by atoms with Crippen LogP contribution in [-0.2, 0) is 9.59 Å². The number of terminal acetylenes is 1. The standard InChI is InChI=1S/C25H46N2O2S/c1-4-7-8-9-10-11-12-13-14-15-16-17-18-19-24(28)27-23(22-30-21-6-3)25(29)26-20-5-2/h2,23H,4,6-22H2,1,3H3,(H,26,29)(H,27,28)/t23-/m1/s1. The molecule has 0 rings (SSSR count). The molecule has 0 unspecified atom stereocenters. The summed E-state index contributed by atoms with van der Waals surface area (Å²) in [6, 6.07) is -0.496. The summed E-state index contributed by atoms with van der Waals surface area (Å²) in [7, 11) is 0. The molecule has 0 aromatic heterocycles. The Labute approximate surface area is 190 Å². The summed E-state index contributed by atoms with van der Waals surface area (Å²) in [6.45, 7) is 4.56. The van der Waals surface area contributed by atoms with E-state index in [9.17, 15) is 9.59 Å². The molecule has 0 aliphatic heterocycles. The van der Waals surface area contributed by atoms with E-state index in [1.807, 2.05) is 0 Å². The fourth-order valence-electron chi connectivity index (χ4n) is 3.36. The van der Waals surface area contributed by atoms with E-state index < -0.39 is 6.04 Å². The lowest BCUT2D eigenvalue weighted by Crippen LogP contribution is -2.48. The van der Waals surface area contributed by atoms with Gasteiger partial charge in [0.1, 0.15) is 6.04 Å². The van der Waals surface area contributed by atoms with E-state index in [0.29, 0.717) is 12.2 Å². The van der Waals surface area contributed by atoms with Crippen LogP contribution in [0.3, 0.4) is 0 Å². The van der Waals surface area contributed by atoms with Gasteiger partial charge in [-0.3, -0.25) is 9.59 Å². The molecule has 0 aliphatic rings. The monoisotopic (exact) mass is 438 g/mol. The van der Waals surface area contributed by atoms with Gasteiger partial charge in [0.25, 0.3) is 0 Å².